The highest BCUT2D eigenvalue weighted by Crippen LogP contribution is 2.29. The molecule has 110 valence electrons. The van der Waals surface area contributed by atoms with Gasteiger partial charge in [-0.3, -0.25) is 9.69 Å². The number of nitrogens with zero attached hydrogens (tertiary/aromatic N) is 1. The van der Waals surface area contributed by atoms with Gasteiger partial charge in [0.15, 0.2) is 0 Å². The third-order valence-electron chi connectivity index (χ3n) is 4.03. The number of nitrogens with two attached hydrogens (primary N) is 2. The predicted molar refractivity (Wildman–Crippen MR) is 81.3 cm³/mol. The van der Waals surface area contributed by atoms with Gasteiger partial charge < -0.3 is 11.5 Å². The standard InChI is InChI=1S/C15H22ClN3O/c1-10(17)14(11-2-4-13(16)5-3-11)19-8-6-12(7-9-19)15(18)20/h2-5,10,12,14H,6-9,17H2,1H3,(H2,18,20). The summed E-state index contributed by atoms with van der Waals surface area (Å²) in [5.41, 5.74) is 12.7. The van der Waals surface area contributed by atoms with Gasteiger partial charge in [-0.05, 0) is 50.6 Å². The Labute approximate surface area is 125 Å². The van der Waals surface area contributed by atoms with Crippen LogP contribution >= 0.6 is 11.6 Å². The summed E-state index contributed by atoms with van der Waals surface area (Å²) in [6, 6.07) is 8.00. The second-order valence-corrected chi connectivity index (χ2v) is 6.00. The predicted octanol–water partition coefficient (Wildman–Crippen LogP) is 1.93. The maximum Gasteiger partial charge on any atom is 0.220 e. The van der Waals surface area contributed by atoms with Gasteiger partial charge in [-0.15, -0.1) is 0 Å². The number of carbonyl (C=O) groups is 1. The SMILES string of the molecule is CC(N)C(c1ccc(Cl)cc1)N1CCC(C(N)=O)CC1. The summed E-state index contributed by atoms with van der Waals surface area (Å²) >= 11 is 5.94. The number of likely N-dealkylation sites (tertiary alicyclic amines) is 1. The summed E-state index contributed by atoms with van der Waals surface area (Å²) in [6.45, 7) is 3.71. The number of carbonyl (C=O) groups excluding carboxylic acids is 1. The molecule has 0 saturated carbocycles. The van der Waals surface area contributed by atoms with Gasteiger partial charge >= 0.3 is 0 Å². The van der Waals surface area contributed by atoms with Gasteiger partial charge in [-0.25, -0.2) is 0 Å². The van der Waals surface area contributed by atoms with E-state index in [9.17, 15) is 4.79 Å². The topological polar surface area (TPSA) is 72.3 Å². The first kappa shape index (κ1) is 15.3. The van der Waals surface area contributed by atoms with E-state index in [4.69, 9.17) is 23.1 Å². The van der Waals surface area contributed by atoms with Crippen molar-refractivity contribution in [3.63, 3.8) is 0 Å². The van der Waals surface area contributed by atoms with Crippen molar-refractivity contribution in [3.05, 3.63) is 34.9 Å². The lowest BCUT2D eigenvalue weighted by molar-refractivity contribution is -0.123. The molecule has 4 N–H and O–H groups in total. The van der Waals surface area contributed by atoms with Gasteiger partial charge in [0.05, 0.1) is 0 Å². The minimum Gasteiger partial charge on any atom is -0.369 e. The summed E-state index contributed by atoms with van der Waals surface area (Å²) < 4.78 is 0. The molecule has 1 amide bonds. The van der Waals surface area contributed by atoms with Gasteiger partial charge in [-0.2, -0.15) is 0 Å². The summed E-state index contributed by atoms with van der Waals surface area (Å²) in [7, 11) is 0. The zero-order valence-electron chi connectivity index (χ0n) is 11.8. The Hall–Kier alpha value is -1.10. The van der Waals surface area contributed by atoms with E-state index in [1.54, 1.807) is 0 Å². The number of primary amides is 1. The van der Waals surface area contributed by atoms with Crippen LogP contribution < -0.4 is 11.5 Å². The molecular formula is C15H22ClN3O. The number of hydrogen-bond acceptors (Lipinski definition) is 3. The van der Waals surface area contributed by atoms with Crippen LogP contribution in [0.4, 0.5) is 0 Å². The van der Waals surface area contributed by atoms with Crippen molar-refractivity contribution < 1.29 is 4.79 Å². The minimum atomic E-state index is -0.187. The molecule has 4 nitrogen and oxygen atoms in total. The highest BCUT2D eigenvalue weighted by molar-refractivity contribution is 6.30. The van der Waals surface area contributed by atoms with Crippen molar-refractivity contribution >= 4 is 17.5 Å². The van der Waals surface area contributed by atoms with Crippen molar-refractivity contribution in [3.8, 4) is 0 Å². The normalized spacial score (nSPS) is 20.6. The van der Waals surface area contributed by atoms with Crippen LogP contribution in [0.25, 0.3) is 0 Å². The van der Waals surface area contributed by atoms with Gasteiger partial charge in [0, 0.05) is 23.0 Å². The Bertz CT molecular complexity index is 453. The molecule has 1 fully saturated rings. The Morgan fingerprint density at radius 3 is 2.30 bits per heavy atom. The molecule has 0 radical (unpaired) electrons. The van der Waals surface area contributed by atoms with Crippen molar-refractivity contribution in [2.24, 2.45) is 17.4 Å². The van der Waals surface area contributed by atoms with Crippen LogP contribution in [0.15, 0.2) is 24.3 Å². The maximum atomic E-state index is 11.2. The van der Waals surface area contributed by atoms with E-state index in [1.165, 1.54) is 5.56 Å². The van der Waals surface area contributed by atoms with Crippen LogP contribution in [0.2, 0.25) is 5.02 Å². The fourth-order valence-electron chi connectivity index (χ4n) is 2.97. The lowest BCUT2D eigenvalue weighted by atomic mass is 9.92. The third-order valence-corrected chi connectivity index (χ3v) is 4.29. The molecule has 0 bridgehead atoms. The Kier molecular flexibility index (Phi) is 5.02. The van der Waals surface area contributed by atoms with Crippen LogP contribution in [0.5, 0.6) is 0 Å². The summed E-state index contributed by atoms with van der Waals surface area (Å²) in [5.74, 6) is -0.182. The first-order valence-electron chi connectivity index (χ1n) is 7.03. The summed E-state index contributed by atoms with van der Waals surface area (Å²) in [4.78, 5) is 13.6. The average Bonchev–Trinajstić information content (AvgIpc) is 2.41. The summed E-state index contributed by atoms with van der Waals surface area (Å²) in [5, 5.41) is 0.726. The van der Waals surface area contributed by atoms with Crippen molar-refractivity contribution in [2.75, 3.05) is 13.1 Å². The quantitative estimate of drug-likeness (QED) is 0.891. The molecule has 0 spiro atoms. The monoisotopic (exact) mass is 295 g/mol. The van der Waals surface area contributed by atoms with E-state index in [-0.39, 0.29) is 23.9 Å². The first-order chi connectivity index (χ1) is 9.49. The number of benzene rings is 1. The number of piperidine rings is 1. The van der Waals surface area contributed by atoms with E-state index < -0.39 is 0 Å². The lowest BCUT2D eigenvalue weighted by Gasteiger charge is -2.39. The number of rotatable bonds is 4. The molecule has 1 aliphatic heterocycles. The highest BCUT2D eigenvalue weighted by atomic mass is 35.5. The molecule has 5 heteroatoms. The lowest BCUT2D eigenvalue weighted by Crippen LogP contribution is -2.45. The smallest absolute Gasteiger partial charge is 0.220 e. The second kappa shape index (κ2) is 6.57. The van der Waals surface area contributed by atoms with Gasteiger partial charge in [0.2, 0.25) is 5.91 Å². The Balaban J connectivity index is 2.10. The molecule has 1 aromatic rings. The molecule has 0 aromatic heterocycles. The van der Waals surface area contributed by atoms with E-state index in [2.05, 4.69) is 4.90 Å². The number of hydrogen-bond donors (Lipinski definition) is 2. The Morgan fingerprint density at radius 1 is 1.30 bits per heavy atom. The summed E-state index contributed by atoms with van der Waals surface area (Å²) in [6.07, 6.45) is 1.62. The molecule has 2 unspecified atom stereocenters. The molecule has 2 atom stereocenters. The van der Waals surface area contributed by atoms with Gasteiger partial charge in [0.25, 0.3) is 0 Å². The van der Waals surface area contributed by atoms with Gasteiger partial charge in [0.1, 0.15) is 0 Å². The molecule has 1 heterocycles. The van der Waals surface area contributed by atoms with E-state index in [1.807, 2.05) is 31.2 Å². The van der Waals surface area contributed by atoms with E-state index >= 15 is 0 Å². The molecular weight excluding hydrogens is 274 g/mol. The van der Waals surface area contributed by atoms with Gasteiger partial charge in [-0.1, -0.05) is 23.7 Å². The first-order valence-corrected chi connectivity index (χ1v) is 7.41. The Morgan fingerprint density at radius 2 is 1.85 bits per heavy atom. The third kappa shape index (κ3) is 3.51. The van der Waals surface area contributed by atoms with Crippen LogP contribution in [0, 0.1) is 5.92 Å². The molecule has 20 heavy (non-hydrogen) atoms. The zero-order valence-corrected chi connectivity index (χ0v) is 12.5. The van der Waals surface area contributed by atoms with E-state index in [0.717, 1.165) is 31.0 Å². The second-order valence-electron chi connectivity index (χ2n) is 5.57. The van der Waals surface area contributed by atoms with Crippen molar-refractivity contribution in [1.29, 1.82) is 0 Å². The average molecular weight is 296 g/mol. The van der Waals surface area contributed by atoms with Crippen molar-refractivity contribution in [2.45, 2.75) is 31.8 Å². The largest absolute Gasteiger partial charge is 0.369 e. The molecule has 1 saturated heterocycles. The molecule has 2 rings (SSSR count). The van der Waals surface area contributed by atoms with E-state index in [0.29, 0.717) is 0 Å². The number of amides is 1. The minimum absolute atomic E-state index is 0.00481. The van der Waals surface area contributed by atoms with Crippen LogP contribution in [0.3, 0.4) is 0 Å². The fraction of sp³-hybridized carbons (Fsp3) is 0.533. The highest BCUT2D eigenvalue weighted by Gasteiger charge is 2.30. The van der Waals surface area contributed by atoms with Crippen LogP contribution in [-0.4, -0.2) is 29.9 Å². The number of halogens is 1. The van der Waals surface area contributed by atoms with Crippen LogP contribution in [-0.2, 0) is 4.79 Å². The molecule has 0 aliphatic carbocycles. The van der Waals surface area contributed by atoms with Crippen LogP contribution in [0.1, 0.15) is 31.4 Å². The maximum absolute atomic E-state index is 11.2. The zero-order chi connectivity index (χ0) is 14.7. The molecule has 1 aromatic carbocycles. The van der Waals surface area contributed by atoms with Crippen molar-refractivity contribution in [1.82, 2.24) is 4.90 Å². The molecule has 1 aliphatic rings. The fourth-order valence-corrected chi connectivity index (χ4v) is 3.10.